The second kappa shape index (κ2) is 4.12. The molecule has 1 aromatic heterocycles. The minimum absolute atomic E-state index is 0.209. The van der Waals surface area contributed by atoms with Gasteiger partial charge in [-0.2, -0.15) is 5.10 Å². The number of nitrogens with two attached hydrogens (primary N) is 1. The summed E-state index contributed by atoms with van der Waals surface area (Å²) in [4.78, 5) is 0. The van der Waals surface area contributed by atoms with E-state index in [-0.39, 0.29) is 17.2 Å². The molecule has 0 aromatic carbocycles. The van der Waals surface area contributed by atoms with Crippen molar-refractivity contribution in [3.8, 4) is 0 Å². The minimum atomic E-state index is -3.46. The number of rotatable bonds is 4. The summed E-state index contributed by atoms with van der Waals surface area (Å²) in [6, 6.07) is 0. The van der Waals surface area contributed by atoms with Gasteiger partial charge in [-0.3, -0.25) is 14.8 Å². The Hall–Kier alpha value is -1.57. The van der Waals surface area contributed by atoms with Crippen LogP contribution in [-0.4, -0.2) is 29.3 Å². The molecule has 0 unspecified atom stereocenters. The van der Waals surface area contributed by atoms with Crippen LogP contribution in [0.15, 0.2) is 6.20 Å². The van der Waals surface area contributed by atoms with Gasteiger partial charge in [0.15, 0.2) is 0 Å². The first-order valence-electron chi connectivity index (χ1n) is 4.63. The third kappa shape index (κ3) is 2.32. The van der Waals surface area contributed by atoms with Gasteiger partial charge in [0.25, 0.3) is 0 Å². The van der Waals surface area contributed by atoms with Gasteiger partial charge in [-0.25, -0.2) is 8.42 Å². The van der Waals surface area contributed by atoms with Gasteiger partial charge in [0.1, 0.15) is 11.7 Å². The standard InChI is InChI=1S/C8H15N5O2S/c1-5(2)16(14,15)12-8-6(7(9)10)4-11-13(8)3/h4-5,12H,1-3H3,(H3,9,10). The van der Waals surface area contributed by atoms with Crippen LogP contribution in [0.5, 0.6) is 0 Å². The molecule has 0 spiro atoms. The molecular weight excluding hydrogens is 230 g/mol. The molecule has 0 saturated carbocycles. The Morgan fingerprint density at radius 3 is 2.62 bits per heavy atom. The first kappa shape index (κ1) is 12.5. The Kier molecular flexibility index (Phi) is 3.22. The van der Waals surface area contributed by atoms with Crippen LogP contribution in [0, 0.1) is 5.41 Å². The van der Waals surface area contributed by atoms with Gasteiger partial charge >= 0.3 is 0 Å². The predicted molar refractivity (Wildman–Crippen MR) is 61.9 cm³/mol. The molecule has 0 fully saturated rings. The maximum Gasteiger partial charge on any atom is 0.236 e. The van der Waals surface area contributed by atoms with Crippen LogP contribution in [0.4, 0.5) is 5.82 Å². The largest absolute Gasteiger partial charge is 0.384 e. The summed E-state index contributed by atoms with van der Waals surface area (Å²) in [5.74, 6) is -0.0178. The maximum atomic E-state index is 11.7. The zero-order valence-corrected chi connectivity index (χ0v) is 10.2. The van der Waals surface area contributed by atoms with Crippen LogP contribution in [-0.2, 0) is 17.1 Å². The summed E-state index contributed by atoms with van der Waals surface area (Å²) >= 11 is 0. The van der Waals surface area contributed by atoms with E-state index >= 15 is 0 Å². The Balaban J connectivity index is 3.16. The highest BCUT2D eigenvalue weighted by Gasteiger charge is 2.20. The monoisotopic (exact) mass is 245 g/mol. The minimum Gasteiger partial charge on any atom is -0.384 e. The highest BCUT2D eigenvalue weighted by molar-refractivity contribution is 7.93. The normalized spacial score (nSPS) is 11.8. The molecule has 0 aliphatic rings. The van der Waals surface area contributed by atoms with E-state index < -0.39 is 15.3 Å². The molecule has 0 atom stereocenters. The number of amidine groups is 1. The van der Waals surface area contributed by atoms with Crippen LogP contribution in [0.1, 0.15) is 19.4 Å². The van der Waals surface area contributed by atoms with Gasteiger partial charge in [0, 0.05) is 7.05 Å². The van der Waals surface area contributed by atoms with Crippen molar-refractivity contribution in [1.29, 1.82) is 5.41 Å². The third-order valence-electron chi connectivity index (χ3n) is 2.09. The molecule has 1 rings (SSSR count). The molecule has 7 nitrogen and oxygen atoms in total. The zero-order valence-electron chi connectivity index (χ0n) is 9.35. The molecule has 0 aliphatic carbocycles. The lowest BCUT2D eigenvalue weighted by Crippen LogP contribution is -2.25. The summed E-state index contributed by atoms with van der Waals surface area (Å²) < 4.78 is 27.0. The van der Waals surface area contributed by atoms with Gasteiger partial charge < -0.3 is 5.73 Å². The van der Waals surface area contributed by atoms with Crippen LogP contribution in [0.25, 0.3) is 0 Å². The molecule has 8 heteroatoms. The second-order valence-electron chi connectivity index (χ2n) is 3.64. The van der Waals surface area contributed by atoms with E-state index in [4.69, 9.17) is 11.1 Å². The highest BCUT2D eigenvalue weighted by atomic mass is 32.2. The average molecular weight is 245 g/mol. The fourth-order valence-electron chi connectivity index (χ4n) is 1.01. The zero-order chi connectivity index (χ0) is 12.5. The number of anilines is 1. The van der Waals surface area contributed by atoms with Crippen LogP contribution in [0.3, 0.4) is 0 Å². The summed E-state index contributed by atoms with van der Waals surface area (Å²) in [6.45, 7) is 3.12. The molecule has 0 aliphatic heterocycles. The smallest absolute Gasteiger partial charge is 0.236 e. The average Bonchev–Trinajstić information content (AvgIpc) is 2.47. The fourth-order valence-corrected chi connectivity index (χ4v) is 1.76. The summed E-state index contributed by atoms with van der Waals surface area (Å²) in [6.07, 6.45) is 1.35. The van der Waals surface area contributed by atoms with E-state index in [1.165, 1.54) is 10.9 Å². The van der Waals surface area contributed by atoms with Crippen molar-refractivity contribution in [2.75, 3.05) is 4.72 Å². The number of aromatic nitrogens is 2. The Morgan fingerprint density at radius 1 is 1.62 bits per heavy atom. The lowest BCUT2D eigenvalue weighted by molar-refractivity contribution is 0.592. The van der Waals surface area contributed by atoms with Gasteiger partial charge in [-0.05, 0) is 13.8 Å². The van der Waals surface area contributed by atoms with Gasteiger partial charge in [-0.15, -0.1) is 0 Å². The maximum absolute atomic E-state index is 11.7. The number of nitrogens with one attached hydrogen (secondary N) is 2. The van der Waals surface area contributed by atoms with Crippen molar-refractivity contribution >= 4 is 21.7 Å². The van der Waals surface area contributed by atoms with E-state index in [0.717, 1.165) is 0 Å². The lowest BCUT2D eigenvalue weighted by atomic mass is 10.3. The fraction of sp³-hybridized carbons (Fsp3) is 0.500. The summed E-state index contributed by atoms with van der Waals surface area (Å²) in [5.41, 5.74) is 5.59. The molecule has 0 saturated heterocycles. The molecule has 0 amide bonds. The molecule has 90 valence electrons. The van der Waals surface area contributed by atoms with Crippen molar-refractivity contribution in [1.82, 2.24) is 9.78 Å². The van der Waals surface area contributed by atoms with E-state index in [1.807, 2.05) is 0 Å². The van der Waals surface area contributed by atoms with Crippen molar-refractivity contribution in [2.24, 2.45) is 12.8 Å². The summed E-state index contributed by atoms with van der Waals surface area (Å²) in [5, 5.41) is 10.6. The predicted octanol–water partition coefficient (Wildman–Crippen LogP) is -0.146. The van der Waals surface area contributed by atoms with E-state index in [9.17, 15) is 8.42 Å². The summed E-state index contributed by atoms with van der Waals surface area (Å²) in [7, 11) is -1.89. The van der Waals surface area contributed by atoms with E-state index in [1.54, 1.807) is 20.9 Å². The molecular formula is C8H15N5O2S. The molecule has 16 heavy (non-hydrogen) atoms. The number of nitrogens with zero attached hydrogens (tertiary/aromatic N) is 2. The van der Waals surface area contributed by atoms with Crippen molar-refractivity contribution in [2.45, 2.75) is 19.1 Å². The topological polar surface area (TPSA) is 114 Å². The quantitative estimate of drug-likeness (QED) is 0.505. The number of aryl methyl sites for hydroxylation is 1. The molecule has 4 N–H and O–H groups in total. The number of hydrogen-bond donors (Lipinski definition) is 3. The van der Waals surface area contributed by atoms with Crippen LogP contribution in [0.2, 0.25) is 0 Å². The first-order valence-corrected chi connectivity index (χ1v) is 6.18. The van der Waals surface area contributed by atoms with Crippen LogP contribution < -0.4 is 10.5 Å². The molecule has 0 bridgehead atoms. The van der Waals surface area contributed by atoms with E-state index in [0.29, 0.717) is 0 Å². The lowest BCUT2D eigenvalue weighted by Gasteiger charge is -2.12. The van der Waals surface area contributed by atoms with Gasteiger partial charge in [0.2, 0.25) is 10.0 Å². The van der Waals surface area contributed by atoms with Gasteiger partial charge in [-0.1, -0.05) is 0 Å². The highest BCUT2D eigenvalue weighted by Crippen LogP contribution is 2.16. The number of hydrogen-bond acceptors (Lipinski definition) is 4. The Morgan fingerprint density at radius 2 is 2.19 bits per heavy atom. The molecule has 0 radical (unpaired) electrons. The van der Waals surface area contributed by atoms with Gasteiger partial charge in [0.05, 0.1) is 17.0 Å². The van der Waals surface area contributed by atoms with Crippen molar-refractivity contribution in [3.63, 3.8) is 0 Å². The SMILES string of the molecule is CC(C)S(=O)(=O)Nc1c(C(=N)N)cnn1C. The molecule has 1 heterocycles. The Bertz CT molecular complexity index is 502. The van der Waals surface area contributed by atoms with Crippen LogP contribution >= 0.6 is 0 Å². The van der Waals surface area contributed by atoms with Crippen molar-refractivity contribution in [3.05, 3.63) is 11.8 Å². The number of sulfonamides is 1. The second-order valence-corrected chi connectivity index (χ2v) is 5.88. The molecule has 1 aromatic rings. The Labute approximate surface area is 94.2 Å². The van der Waals surface area contributed by atoms with Crippen molar-refractivity contribution < 1.29 is 8.42 Å². The first-order chi connectivity index (χ1) is 7.25. The van der Waals surface area contributed by atoms with E-state index in [2.05, 4.69) is 9.82 Å². The third-order valence-corrected chi connectivity index (χ3v) is 3.81. The number of nitrogen functional groups attached to an aromatic ring is 1.